The molecular weight excluding hydrogens is 459 g/mol. The maximum Gasteiger partial charge on any atom is 0.410 e. The fourth-order valence-electron chi connectivity index (χ4n) is 4.41. The molecule has 174 valence electrons. The van der Waals surface area contributed by atoms with Crippen LogP contribution < -0.4 is 10.2 Å². The van der Waals surface area contributed by atoms with Crippen LogP contribution in [0.2, 0.25) is 5.02 Å². The Balaban J connectivity index is 1.37. The average Bonchev–Trinajstić information content (AvgIpc) is 3.47. The van der Waals surface area contributed by atoms with E-state index in [4.69, 9.17) is 16.0 Å². The molecular formula is C22H21ClF3N5O2. The van der Waals surface area contributed by atoms with Crippen LogP contribution in [-0.2, 0) is 0 Å². The highest BCUT2D eigenvalue weighted by Crippen LogP contribution is 2.44. The monoisotopic (exact) mass is 479 g/mol. The maximum absolute atomic E-state index is 13.8. The van der Waals surface area contributed by atoms with Gasteiger partial charge in [-0.05, 0) is 30.3 Å². The van der Waals surface area contributed by atoms with Gasteiger partial charge in [-0.25, -0.2) is 4.68 Å². The molecule has 3 aromatic rings. The molecule has 1 saturated heterocycles. The van der Waals surface area contributed by atoms with E-state index >= 15 is 0 Å². The second kappa shape index (κ2) is 8.33. The van der Waals surface area contributed by atoms with E-state index in [0.717, 1.165) is 10.4 Å². The molecule has 33 heavy (non-hydrogen) atoms. The van der Waals surface area contributed by atoms with Gasteiger partial charge < -0.3 is 19.5 Å². The van der Waals surface area contributed by atoms with Gasteiger partial charge in [0.15, 0.2) is 6.04 Å². The lowest BCUT2D eigenvalue weighted by Crippen LogP contribution is -2.49. The minimum absolute atomic E-state index is 0.0623. The highest BCUT2D eigenvalue weighted by molar-refractivity contribution is 6.30. The maximum atomic E-state index is 13.8. The summed E-state index contributed by atoms with van der Waals surface area (Å²) in [6.45, 7) is 2.03. The SMILES string of the molecule is O=C(c1cnn2c1NC(c1ccco1)CC2C(F)(F)F)N1CCN(c2cccc(Cl)c2)CC1. The number of aromatic nitrogens is 2. The average molecular weight is 480 g/mol. The first-order valence-electron chi connectivity index (χ1n) is 10.5. The number of amides is 1. The smallest absolute Gasteiger partial charge is 0.410 e. The molecule has 2 unspecified atom stereocenters. The number of alkyl halides is 3. The van der Waals surface area contributed by atoms with E-state index in [2.05, 4.69) is 15.3 Å². The molecule has 7 nitrogen and oxygen atoms in total. The molecule has 1 amide bonds. The van der Waals surface area contributed by atoms with Gasteiger partial charge in [0.25, 0.3) is 5.91 Å². The molecule has 1 N–H and O–H groups in total. The fourth-order valence-corrected chi connectivity index (χ4v) is 4.59. The summed E-state index contributed by atoms with van der Waals surface area (Å²) in [7, 11) is 0. The number of anilines is 2. The summed E-state index contributed by atoms with van der Waals surface area (Å²) in [6, 6.07) is 8.14. The molecule has 1 fully saturated rings. The molecule has 0 aliphatic carbocycles. The Labute approximate surface area is 192 Å². The van der Waals surface area contributed by atoms with Crippen molar-refractivity contribution in [2.75, 3.05) is 36.4 Å². The molecule has 2 aliphatic heterocycles. The normalized spacial score (nSPS) is 21.0. The third kappa shape index (κ3) is 4.15. The van der Waals surface area contributed by atoms with Crippen LogP contribution in [0.5, 0.6) is 0 Å². The number of furan rings is 1. The molecule has 5 rings (SSSR count). The number of hydrogen-bond donors (Lipinski definition) is 1. The summed E-state index contributed by atoms with van der Waals surface area (Å²) in [6.07, 6.45) is -2.16. The van der Waals surface area contributed by atoms with Crippen LogP contribution in [0.3, 0.4) is 0 Å². The van der Waals surface area contributed by atoms with Crippen LogP contribution in [0.1, 0.15) is 34.6 Å². The minimum atomic E-state index is -4.52. The van der Waals surface area contributed by atoms with Gasteiger partial charge in [0.2, 0.25) is 0 Å². The van der Waals surface area contributed by atoms with Crippen molar-refractivity contribution >= 4 is 29.0 Å². The summed E-state index contributed by atoms with van der Waals surface area (Å²) < 4.78 is 47.6. The van der Waals surface area contributed by atoms with Crippen molar-refractivity contribution in [3.05, 3.63) is 65.2 Å². The Morgan fingerprint density at radius 3 is 2.61 bits per heavy atom. The van der Waals surface area contributed by atoms with Gasteiger partial charge in [-0.1, -0.05) is 17.7 Å². The number of rotatable bonds is 3. The van der Waals surface area contributed by atoms with Gasteiger partial charge in [-0.2, -0.15) is 18.3 Å². The molecule has 0 bridgehead atoms. The zero-order chi connectivity index (χ0) is 23.2. The quantitative estimate of drug-likeness (QED) is 0.587. The summed E-state index contributed by atoms with van der Waals surface area (Å²) in [5.74, 6) is 0.0907. The van der Waals surface area contributed by atoms with Crippen molar-refractivity contribution in [3.8, 4) is 0 Å². The van der Waals surface area contributed by atoms with E-state index in [1.807, 2.05) is 18.2 Å². The van der Waals surface area contributed by atoms with E-state index in [-0.39, 0.29) is 23.7 Å². The van der Waals surface area contributed by atoms with Crippen LogP contribution in [-0.4, -0.2) is 52.9 Å². The minimum Gasteiger partial charge on any atom is -0.467 e. The van der Waals surface area contributed by atoms with Crippen molar-refractivity contribution < 1.29 is 22.4 Å². The van der Waals surface area contributed by atoms with E-state index in [1.165, 1.54) is 12.5 Å². The van der Waals surface area contributed by atoms with Crippen LogP contribution >= 0.6 is 11.6 Å². The largest absolute Gasteiger partial charge is 0.467 e. The molecule has 0 spiro atoms. The number of benzene rings is 1. The van der Waals surface area contributed by atoms with E-state index in [0.29, 0.717) is 37.0 Å². The fraction of sp³-hybridized carbons (Fsp3) is 0.364. The zero-order valence-electron chi connectivity index (χ0n) is 17.4. The molecule has 0 saturated carbocycles. The van der Waals surface area contributed by atoms with Gasteiger partial charge >= 0.3 is 6.18 Å². The van der Waals surface area contributed by atoms with Crippen molar-refractivity contribution in [1.29, 1.82) is 0 Å². The Hall–Kier alpha value is -3.14. The second-order valence-corrected chi connectivity index (χ2v) is 8.55. The zero-order valence-corrected chi connectivity index (χ0v) is 18.2. The third-order valence-electron chi connectivity index (χ3n) is 6.10. The number of carbonyl (C=O) groups excluding carboxylic acids is 1. The van der Waals surface area contributed by atoms with Gasteiger partial charge in [0, 0.05) is 43.3 Å². The molecule has 2 aromatic heterocycles. The van der Waals surface area contributed by atoms with E-state index < -0.39 is 18.3 Å². The van der Waals surface area contributed by atoms with Crippen molar-refractivity contribution in [2.24, 2.45) is 0 Å². The number of piperazine rings is 1. The second-order valence-electron chi connectivity index (χ2n) is 8.12. The standard InChI is InChI=1S/C22H21ClF3N5O2/c23-14-3-1-4-15(11-14)29-6-8-30(9-7-29)21(32)16-13-27-31-19(22(24,25)26)12-17(28-20(16)31)18-5-2-10-33-18/h1-5,10-11,13,17,19,28H,6-9,12H2. The van der Waals surface area contributed by atoms with Crippen LogP contribution in [0.15, 0.2) is 53.3 Å². The summed E-state index contributed by atoms with van der Waals surface area (Å²) in [5.41, 5.74) is 1.09. The number of nitrogens with zero attached hydrogens (tertiary/aromatic N) is 4. The van der Waals surface area contributed by atoms with Gasteiger partial charge in [0.05, 0.1) is 18.5 Å². The lowest BCUT2D eigenvalue weighted by Gasteiger charge is -2.37. The number of halogens is 4. The first-order chi connectivity index (χ1) is 15.8. The number of hydrogen-bond acceptors (Lipinski definition) is 5. The summed E-state index contributed by atoms with van der Waals surface area (Å²) in [4.78, 5) is 17.0. The van der Waals surface area contributed by atoms with E-state index in [9.17, 15) is 18.0 Å². The lowest BCUT2D eigenvalue weighted by molar-refractivity contribution is -0.174. The lowest BCUT2D eigenvalue weighted by atomic mass is 10.0. The van der Waals surface area contributed by atoms with Crippen molar-refractivity contribution in [1.82, 2.24) is 14.7 Å². The molecule has 1 aromatic carbocycles. The third-order valence-corrected chi connectivity index (χ3v) is 6.33. The van der Waals surface area contributed by atoms with Crippen LogP contribution in [0.25, 0.3) is 0 Å². The number of fused-ring (bicyclic) bond motifs is 1. The van der Waals surface area contributed by atoms with Gasteiger partial charge in [-0.15, -0.1) is 0 Å². The Kier molecular flexibility index (Phi) is 5.48. The first kappa shape index (κ1) is 21.7. The Morgan fingerprint density at radius 1 is 1.15 bits per heavy atom. The van der Waals surface area contributed by atoms with Crippen molar-refractivity contribution in [3.63, 3.8) is 0 Å². The summed E-state index contributed by atoms with van der Waals surface area (Å²) in [5, 5.41) is 7.62. The predicted octanol–water partition coefficient (Wildman–Crippen LogP) is 4.75. The van der Waals surface area contributed by atoms with Crippen LogP contribution in [0.4, 0.5) is 24.7 Å². The molecule has 0 radical (unpaired) electrons. The topological polar surface area (TPSA) is 66.5 Å². The highest BCUT2D eigenvalue weighted by Gasteiger charge is 2.48. The van der Waals surface area contributed by atoms with Crippen molar-refractivity contribution in [2.45, 2.75) is 24.7 Å². The van der Waals surface area contributed by atoms with E-state index in [1.54, 1.807) is 23.1 Å². The first-order valence-corrected chi connectivity index (χ1v) is 10.9. The van der Waals surface area contributed by atoms with Gasteiger partial charge in [-0.3, -0.25) is 4.79 Å². The number of nitrogens with one attached hydrogen (secondary N) is 1. The molecule has 4 heterocycles. The molecule has 2 aliphatic rings. The Bertz CT molecular complexity index is 1140. The van der Waals surface area contributed by atoms with Gasteiger partial charge in [0.1, 0.15) is 17.1 Å². The summed E-state index contributed by atoms with van der Waals surface area (Å²) >= 11 is 6.08. The van der Waals surface area contributed by atoms with Crippen LogP contribution in [0, 0.1) is 0 Å². The predicted molar refractivity (Wildman–Crippen MR) is 117 cm³/mol. The number of carbonyl (C=O) groups is 1. The highest BCUT2D eigenvalue weighted by atomic mass is 35.5. The molecule has 2 atom stereocenters. The molecule has 11 heteroatoms. The Morgan fingerprint density at radius 2 is 1.94 bits per heavy atom.